The smallest absolute Gasteiger partial charge is 0.223 e. The van der Waals surface area contributed by atoms with Crippen LogP contribution in [0.3, 0.4) is 0 Å². The summed E-state index contributed by atoms with van der Waals surface area (Å²) < 4.78 is 1.09. The molecule has 1 aliphatic rings. The van der Waals surface area contributed by atoms with Gasteiger partial charge in [0.15, 0.2) is 0 Å². The van der Waals surface area contributed by atoms with E-state index in [9.17, 15) is 4.79 Å². The summed E-state index contributed by atoms with van der Waals surface area (Å²) in [6.07, 6.45) is 1.92. The van der Waals surface area contributed by atoms with Gasteiger partial charge in [0.05, 0.1) is 0 Å². The third kappa shape index (κ3) is 6.59. The van der Waals surface area contributed by atoms with E-state index >= 15 is 0 Å². The molecule has 2 N–H and O–H groups in total. The number of carbonyl (C=O) groups excluding carboxylic acids is 1. The van der Waals surface area contributed by atoms with E-state index in [1.54, 1.807) is 11.8 Å². The molecular formula is C15H22BrClN2OS. The molecule has 1 aromatic rings. The normalized spacial score (nSPS) is 16.9. The highest BCUT2D eigenvalue weighted by Gasteiger charge is 2.20. The van der Waals surface area contributed by atoms with Gasteiger partial charge in [-0.15, -0.1) is 24.2 Å². The fourth-order valence-corrected chi connectivity index (χ4v) is 3.45. The Morgan fingerprint density at radius 2 is 2.00 bits per heavy atom. The van der Waals surface area contributed by atoms with Crippen LogP contribution in [0, 0.1) is 5.92 Å². The third-order valence-corrected chi connectivity index (χ3v) is 5.07. The summed E-state index contributed by atoms with van der Waals surface area (Å²) in [5.74, 6) is 0.413. The number of thioether (sulfide) groups is 1. The Hall–Kier alpha value is -0.230. The fourth-order valence-electron chi connectivity index (χ4n) is 2.26. The Morgan fingerprint density at radius 3 is 2.62 bits per heavy atom. The van der Waals surface area contributed by atoms with Gasteiger partial charge in [0, 0.05) is 27.1 Å². The van der Waals surface area contributed by atoms with Crippen molar-refractivity contribution in [2.45, 2.75) is 29.9 Å². The zero-order valence-corrected chi connectivity index (χ0v) is 15.3. The Kier molecular flexibility index (Phi) is 8.71. The monoisotopic (exact) mass is 392 g/mol. The van der Waals surface area contributed by atoms with E-state index in [-0.39, 0.29) is 24.2 Å². The molecule has 0 radical (unpaired) electrons. The SMILES string of the molecule is CC(CNC(=O)C1CCNCC1)Sc1ccc(Br)cc1.Cl. The quantitative estimate of drug-likeness (QED) is 0.753. The first-order valence-corrected chi connectivity index (χ1v) is 8.73. The van der Waals surface area contributed by atoms with Crippen LogP contribution in [0.15, 0.2) is 33.6 Å². The molecule has 2 rings (SSSR count). The van der Waals surface area contributed by atoms with Crippen molar-refractivity contribution in [1.29, 1.82) is 0 Å². The van der Waals surface area contributed by atoms with Gasteiger partial charge in [0.1, 0.15) is 0 Å². The van der Waals surface area contributed by atoms with E-state index in [1.165, 1.54) is 4.90 Å². The Bertz CT molecular complexity index is 438. The number of piperidine rings is 1. The van der Waals surface area contributed by atoms with Crippen molar-refractivity contribution in [2.24, 2.45) is 5.92 Å². The highest BCUT2D eigenvalue weighted by atomic mass is 79.9. The summed E-state index contributed by atoms with van der Waals surface area (Å²) in [6.45, 7) is 4.79. The Balaban J connectivity index is 0.00000220. The maximum Gasteiger partial charge on any atom is 0.223 e. The molecule has 1 saturated heterocycles. The first-order chi connectivity index (χ1) is 9.65. The molecule has 1 heterocycles. The second-order valence-electron chi connectivity index (χ2n) is 5.15. The maximum atomic E-state index is 12.0. The van der Waals surface area contributed by atoms with Crippen LogP contribution in [-0.2, 0) is 4.79 Å². The minimum Gasteiger partial charge on any atom is -0.355 e. The summed E-state index contributed by atoms with van der Waals surface area (Å²) in [4.78, 5) is 13.3. The summed E-state index contributed by atoms with van der Waals surface area (Å²) in [6, 6.07) is 8.28. The Morgan fingerprint density at radius 1 is 1.38 bits per heavy atom. The average molecular weight is 394 g/mol. The van der Waals surface area contributed by atoms with Crippen molar-refractivity contribution in [2.75, 3.05) is 19.6 Å². The maximum absolute atomic E-state index is 12.0. The molecule has 0 bridgehead atoms. The van der Waals surface area contributed by atoms with Gasteiger partial charge in [-0.2, -0.15) is 0 Å². The van der Waals surface area contributed by atoms with Gasteiger partial charge in [-0.25, -0.2) is 0 Å². The molecule has 1 fully saturated rings. The van der Waals surface area contributed by atoms with E-state index in [4.69, 9.17) is 0 Å². The predicted octanol–water partition coefficient (Wildman–Crippen LogP) is 3.47. The zero-order valence-electron chi connectivity index (χ0n) is 12.1. The van der Waals surface area contributed by atoms with Gasteiger partial charge in [-0.05, 0) is 50.2 Å². The lowest BCUT2D eigenvalue weighted by Gasteiger charge is -2.22. The predicted molar refractivity (Wildman–Crippen MR) is 95.3 cm³/mol. The second kappa shape index (κ2) is 9.72. The highest BCUT2D eigenvalue weighted by Crippen LogP contribution is 2.24. The average Bonchev–Trinajstić information content (AvgIpc) is 2.48. The molecule has 118 valence electrons. The lowest BCUT2D eigenvalue weighted by molar-refractivity contribution is -0.125. The van der Waals surface area contributed by atoms with Gasteiger partial charge >= 0.3 is 0 Å². The van der Waals surface area contributed by atoms with Crippen molar-refractivity contribution in [3.63, 3.8) is 0 Å². The fraction of sp³-hybridized carbons (Fsp3) is 0.533. The standard InChI is InChI=1S/C15H21BrN2OS.ClH/c1-11(20-14-4-2-13(16)3-5-14)10-18-15(19)12-6-8-17-9-7-12;/h2-5,11-12,17H,6-10H2,1H3,(H,18,19);1H. The Labute approximate surface area is 145 Å². The van der Waals surface area contributed by atoms with Crippen LogP contribution in [0.2, 0.25) is 0 Å². The van der Waals surface area contributed by atoms with Crippen molar-refractivity contribution in [3.05, 3.63) is 28.7 Å². The molecular weight excluding hydrogens is 372 g/mol. The molecule has 0 spiro atoms. The molecule has 1 aliphatic heterocycles. The second-order valence-corrected chi connectivity index (χ2v) is 7.58. The molecule has 0 aromatic heterocycles. The van der Waals surface area contributed by atoms with Crippen molar-refractivity contribution >= 4 is 46.0 Å². The lowest BCUT2D eigenvalue weighted by atomic mass is 9.97. The third-order valence-electron chi connectivity index (χ3n) is 3.42. The van der Waals surface area contributed by atoms with E-state index in [2.05, 4.69) is 45.6 Å². The van der Waals surface area contributed by atoms with Gasteiger partial charge in [-0.3, -0.25) is 4.79 Å². The van der Waals surface area contributed by atoms with E-state index in [0.717, 1.165) is 36.9 Å². The first-order valence-electron chi connectivity index (χ1n) is 7.06. The molecule has 1 aromatic carbocycles. The van der Waals surface area contributed by atoms with Crippen molar-refractivity contribution in [3.8, 4) is 0 Å². The van der Waals surface area contributed by atoms with Crippen LogP contribution >= 0.6 is 40.1 Å². The number of benzene rings is 1. The van der Waals surface area contributed by atoms with Crippen LogP contribution < -0.4 is 10.6 Å². The molecule has 6 heteroatoms. The zero-order chi connectivity index (χ0) is 14.4. The minimum atomic E-state index is 0. The number of halogens is 2. The van der Waals surface area contributed by atoms with Crippen LogP contribution in [-0.4, -0.2) is 30.8 Å². The number of carbonyl (C=O) groups is 1. The summed E-state index contributed by atoms with van der Waals surface area (Å²) in [7, 11) is 0. The van der Waals surface area contributed by atoms with Gasteiger partial charge in [0.2, 0.25) is 5.91 Å². The first kappa shape index (κ1) is 18.8. The largest absolute Gasteiger partial charge is 0.355 e. The topological polar surface area (TPSA) is 41.1 Å². The molecule has 21 heavy (non-hydrogen) atoms. The summed E-state index contributed by atoms with van der Waals surface area (Å²) in [5, 5.41) is 6.75. The number of hydrogen-bond donors (Lipinski definition) is 2. The van der Waals surface area contributed by atoms with Gasteiger partial charge in [-0.1, -0.05) is 22.9 Å². The summed E-state index contributed by atoms with van der Waals surface area (Å²) in [5.41, 5.74) is 0. The van der Waals surface area contributed by atoms with Crippen LogP contribution in [0.5, 0.6) is 0 Å². The van der Waals surface area contributed by atoms with Crippen LogP contribution in [0.4, 0.5) is 0 Å². The molecule has 1 unspecified atom stereocenters. The van der Waals surface area contributed by atoms with E-state index in [1.807, 2.05) is 12.1 Å². The van der Waals surface area contributed by atoms with Crippen molar-refractivity contribution in [1.82, 2.24) is 10.6 Å². The number of amides is 1. The molecule has 0 saturated carbocycles. The van der Waals surface area contributed by atoms with E-state index in [0.29, 0.717) is 5.25 Å². The van der Waals surface area contributed by atoms with Crippen LogP contribution in [0.25, 0.3) is 0 Å². The summed E-state index contributed by atoms with van der Waals surface area (Å²) >= 11 is 5.23. The van der Waals surface area contributed by atoms with Crippen LogP contribution in [0.1, 0.15) is 19.8 Å². The highest BCUT2D eigenvalue weighted by molar-refractivity contribution is 9.10. The number of rotatable bonds is 5. The molecule has 3 nitrogen and oxygen atoms in total. The van der Waals surface area contributed by atoms with Gasteiger partial charge in [0.25, 0.3) is 0 Å². The molecule has 0 aliphatic carbocycles. The van der Waals surface area contributed by atoms with E-state index < -0.39 is 0 Å². The lowest BCUT2D eigenvalue weighted by Crippen LogP contribution is -2.40. The van der Waals surface area contributed by atoms with Gasteiger partial charge < -0.3 is 10.6 Å². The number of nitrogens with one attached hydrogen (secondary N) is 2. The number of hydrogen-bond acceptors (Lipinski definition) is 3. The molecule has 1 atom stereocenters. The minimum absolute atomic E-state index is 0. The van der Waals surface area contributed by atoms with Crippen molar-refractivity contribution < 1.29 is 4.79 Å². The molecule has 1 amide bonds.